The van der Waals surface area contributed by atoms with Crippen molar-refractivity contribution in [3.63, 3.8) is 0 Å². The predicted octanol–water partition coefficient (Wildman–Crippen LogP) is 1.94. The molecule has 0 atom stereocenters. The minimum atomic E-state index is 0.140. The Labute approximate surface area is 93.9 Å². The molecule has 1 aliphatic heterocycles. The summed E-state index contributed by atoms with van der Waals surface area (Å²) in [5, 5.41) is 6.51. The van der Waals surface area contributed by atoms with Crippen LogP contribution in [-0.2, 0) is 11.3 Å². The van der Waals surface area contributed by atoms with E-state index in [1.165, 1.54) is 5.56 Å². The summed E-state index contributed by atoms with van der Waals surface area (Å²) >= 11 is 0. The first kappa shape index (κ1) is 9.21. The van der Waals surface area contributed by atoms with Crippen LogP contribution in [0.1, 0.15) is 12.0 Å². The summed E-state index contributed by atoms with van der Waals surface area (Å²) < 4.78 is 0. The molecule has 2 N–H and O–H groups in total. The fraction of sp³-hybridized carbons (Fsp3) is 0.154. The molecule has 3 nitrogen and oxygen atoms in total. The molecule has 1 aromatic rings. The number of allylic oxidation sites excluding steroid dienone is 3. The Kier molecular flexibility index (Phi) is 2.03. The molecule has 1 aliphatic carbocycles. The molecule has 0 aromatic heterocycles. The zero-order valence-electron chi connectivity index (χ0n) is 8.79. The van der Waals surface area contributed by atoms with E-state index in [1.807, 2.05) is 30.4 Å². The van der Waals surface area contributed by atoms with Crippen LogP contribution in [0.2, 0.25) is 0 Å². The Morgan fingerprint density at radius 3 is 3.00 bits per heavy atom. The highest BCUT2D eigenvalue weighted by Crippen LogP contribution is 2.24. The van der Waals surface area contributed by atoms with E-state index in [2.05, 4.69) is 16.7 Å². The minimum absolute atomic E-state index is 0.140. The van der Waals surface area contributed by atoms with E-state index in [0.717, 1.165) is 17.9 Å². The van der Waals surface area contributed by atoms with Crippen molar-refractivity contribution in [2.24, 2.45) is 0 Å². The van der Waals surface area contributed by atoms with Crippen LogP contribution in [0.3, 0.4) is 0 Å². The van der Waals surface area contributed by atoms with Gasteiger partial charge in [0.05, 0.1) is 5.70 Å². The lowest BCUT2D eigenvalue weighted by Crippen LogP contribution is -2.20. The smallest absolute Gasteiger partial charge is 0.184 e. The van der Waals surface area contributed by atoms with E-state index < -0.39 is 0 Å². The van der Waals surface area contributed by atoms with Crippen molar-refractivity contribution >= 4 is 11.5 Å². The van der Waals surface area contributed by atoms with Crippen LogP contribution >= 0.6 is 0 Å². The van der Waals surface area contributed by atoms with Crippen molar-refractivity contribution in [1.29, 1.82) is 0 Å². The van der Waals surface area contributed by atoms with Crippen molar-refractivity contribution < 1.29 is 4.79 Å². The molecule has 3 heteroatoms. The molecule has 3 rings (SSSR count). The molecular weight excluding hydrogens is 200 g/mol. The summed E-state index contributed by atoms with van der Waals surface area (Å²) in [4.78, 5) is 11.8. The number of benzene rings is 1. The van der Waals surface area contributed by atoms with Crippen molar-refractivity contribution in [3.05, 3.63) is 53.4 Å². The molecule has 1 aromatic carbocycles. The number of ketones is 1. The number of fused-ring (bicyclic) bond motifs is 1. The number of carbonyl (C=O) groups excluding carboxylic acids is 1. The normalized spacial score (nSPS) is 18.1. The number of para-hydroxylation sites is 1. The predicted molar refractivity (Wildman–Crippen MR) is 62.7 cm³/mol. The van der Waals surface area contributed by atoms with Gasteiger partial charge >= 0.3 is 0 Å². The maximum absolute atomic E-state index is 11.8. The van der Waals surface area contributed by atoms with Gasteiger partial charge in [-0.2, -0.15) is 0 Å². The largest absolute Gasteiger partial charge is 0.379 e. The molecule has 16 heavy (non-hydrogen) atoms. The molecule has 80 valence electrons. The zero-order valence-corrected chi connectivity index (χ0v) is 8.79. The van der Waals surface area contributed by atoms with Gasteiger partial charge in [0.25, 0.3) is 0 Å². The SMILES string of the molecule is O=C1CC=CC2=C1Nc1ccccc1CN2. The summed E-state index contributed by atoms with van der Waals surface area (Å²) in [6.45, 7) is 0.750. The topological polar surface area (TPSA) is 41.1 Å². The number of anilines is 1. The van der Waals surface area contributed by atoms with Gasteiger partial charge in [-0.1, -0.05) is 24.3 Å². The number of rotatable bonds is 0. The quantitative estimate of drug-likeness (QED) is 0.690. The second-order valence-electron chi connectivity index (χ2n) is 3.95. The lowest BCUT2D eigenvalue weighted by Gasteiger charge is -2.14. The van der Waals surface area contributed by atoms with Gasteiger partial charge in [-0.15, -0.1) is 0 Å². The maximum atomic E-state index is 11.8. The number of nitrogens with one attached hydrogen (secondary N) is 2. The Balaban J connectivity index is 2.06. The average Bonchev–Trinajstić information content (AvgIpc) is 2.50. The molecule has 0 radical (unpaired) electrons. The minimum Gasteiger partial charge on any atom is -0.379 e. The first-order valence-corrected chi connectivity index (χ1v) is 5.37. The van der Waals surface area contributed by atoms with Crippen LogP contribution in [0, 0.1) is 0 Å². The van der Waals surface area contributed by atoms with Gasteiger partial charge in [0, 0.05) is 18.7 Å². The summed E-state index contributed by atoms with van der Waals surface area (Å²) in [7, 11) is 0. The van der Waals surface area contributed by atoms with Crippen molar-refractivity contribution in [3.8, 4) is 0 Å². The molecule has 1 heterocycles. The summed E-state index contributed by atoms with van der Waals surface area (Å²) in [5.41, 5.74) is 3.78. The average molecular weight is 212 g/mol. The summed E-state index contributed by atoms with van der Waals surface area (Å²) in [5.74, 6) is 0.140. The number of hydrogen-bond acceptors (Lipinski definition) is 3. The monoisotopic (exact) mass is 212 g/mol. The molecule has 0 spiro atoms. The third kappa shape index (κ3) is 1.41. The molecule has 0 fully saturated rings. The first-order chi connectivity index (χ1) is 7.84. The molecule has 0 amide bonds. The van der Waals surface area contributed by atoms with Crippen LogP contribution in [0.15, 0.2) is 47.8 Å². The summed E-state index contributed by atoms with van der Waals surface area (Å²) in [6.07, 6.45) is 4.34. The van der Waals surface area contributed by atoms with E-state index in [4.69, 9.17) is 0 Å². The Hall–Kier alpha value is -2.03. The highest BCUT2D eigenvalue weighted by Gasteiger charge is 2.20. The van der Waals surface area contributed by atoms with Gasteiger partial charge in [-0.3, -0.25) is 4.79 Å². The molecule has 0 saturated heterocycles. The Morgan fingerprint density at radius 1 is 1.19 bits per heavy atom. The lowest BCUT2D eigenvalue weighted by atomic mass is 10.1. The van der Waals surface area contributed by atoms with Crippen molar-refractivity contribution in [2.75, 3.05) is 5.32 Å². The van der Waals surface area contributed by atoms with Crippen molar-refractivity contribution in [1.82, 2.24) is 5.32 Å². The van der Waals surface area contributed by atoms with Crippen LogP contribution in [0.25, 0.3) is 0 Å². The van der Waals surface area contributed by atoms with Crippen LogP contribution in [0.5, 0.6) is 0 Å². The maximum Gasteiger partial charge on any atom is 0.184 e. The summed E-state index contributed by atoms with van der Waals surface area (Å²) in [6, 6.07) is 8.03. The third-order valence-corrected chi connectivity index (χ3v) is 2.88. The second-order valence-corrected chi connectivity index (χ2v) is 3.95. The van der Waals surface area contributed by atoms with Gasteiger partial charge < -0.3 is 10.6 Å². The van der Waals surface area contributed by atoms with E-state index in [9.17, 15) is 4.79 Å². The van der Waals surface area contributed by atoms with E-state index in [1.54, 1.807) is 0 Å². The first-order valence-electron chi connectivity index (χ1n) is 5.37. The Bertz CT molecular complexity index is 514. The molecule has 0 unspecified atom stereocenters. The van der Waals surface area contributed by atoms with Crippen LogP contribution in [0.4, 0.5) is 5.69 Å². The number of Topliss-reactive ketones (excluding diaryl/α,β-unsaturated/α-hetero) is 1. The van der Waals surface area contributed by atoms with Gasteiger partial charge in [-0.05, 0) is 17.7 Å². The molecule has 0 bridgehead atoms. The van der Waals surface area contributed by atoms with E-state index in [-0.39, 0.29) is 5.78 Å². The number of carbonyl (C=O) groups is 1. The van der Waals surface area contributed by atoms with E-state index in [0.29, 0.717) is 12.1 Å². The van der Waals surface area contributed by atoms with E-state index >= 15 is 0 Å². The van der Waals surface area contributed by atoms with Crippen LogP contribution < -0.4 is 10.6 Å². The molecular formula is C13H12N2O. The lowest BCUT2D eigenvalue weighted by molar-refractivity contribution is -0.114. The fourth-order valence-corrected chi connectivity index (χ4v) is 2.03. The highest BCUT2D eigenvalue weighted by atomic mass is 16.1. The third-order valence-electron chi connectivity index (χ3n) is 2.88. The van der Waals surface area contributed by atoms with Gasteiger partial charge in [0.2, 0.25) is 0 Å². The Morgan fingerprint density at radius 2 is 2.06 bits per heavy atom. The van der Waals surface area contributed by atoms with Crippen molar-refractivity contribution in [2.45, 2.75) is 13.0 Å². The standard InChI is InChI=1S/C13H12N2O/c16-12-7-3-6-11-13(12)15-10-5-2-1-4-9(10)8-14-11/h1-6,14-15H,7-8H2. The fourth-order valence-electron chi connectivity index (χ4n) is 2.03. The number of hydrogen-bond donors (Lipinski definition) is 2. The highest BCUT2D eigenvalue weighted by molar-refractivity contribution is 6.01. The van der Waals surface area contributed by atoms with Crippen LogP contribution in [-0.4, -0.2) is 5.78 Å². The van der Waals surface area contributed by atoms with Gasteiger partial charge in [0.15, 0.2) is 5.78 Å². The molecule has 0 saturated carbocycles. The second kappa shape index (κ2) is 3.52. The van der Waals surface area contributed by atoms with Gasteiger partial charge in [0.1, 0.15) is 5.70 Å². The zero-order chi connectivity index (χ0) is 11.0. The molecule has 2 aliphatic rings. The van der Waals surface area contributed by atoms with Gasteiger partial charge in [-0.25, -0.2) is 0 Å².